The monoisotopic (exact) mass is 244 g/mol. The highest BCUT2D eigenvalue weighted by Crippen LogP contribution is 2.32. The Morgan fingerprint density at radius 3 is 2.56 bits per heavy atom. The normalized spacial score (nSPS) is 17.4. The molecule has 0 bridgehead atoms. The Morgan fingerprint density at radius 1 is 1.17 bits per heavy atom. The highest BCUT2D eigenvalue weighted by molar-refractivity contribution is 5.84. The van der Waals surface area contributed by atoms with Crippen LogP contribution in [0.15, 0.2) is 36.4 Å². The van der Waals surface area contributed by atoms with E-state index in [0.29, 0.717) is 19.8 Å². The standard InChI is InChI=1S/C15H16O3/c1-2-18-14-6-4-11-7-13(5-3-12(11)8-14)15(16)9-17-10-15/h3-8,16H,2,9-10H2,1H3. The van der Waals surface area contributed by atoms with E-state index < -0.39 is 5.60 Å². The lowest BCUT2D eigenvalue weighted by atomic mass is 9.90. The van der Waals surface area contributed by atoms with Crippen LogP contribution in [-0.2, 0) is 10.3 Å². The largest absolute Gasteiger partial charge is 0.494 e. The lowest BCUT2D eigenvalue weighted by Gasteiger charge is -2.36. The summed E-state index contributed by atoms with van der Waals surface area (Å²) in [6, 6.07) is 12.0. The zero-order chi connectivity index (χ0) is 12.6. The number of benzene rings is 2. The second kappa shape index (κ2) is 4.26. The van der Waals surface area contributed by atoms with Crippen LogP contribution in [0.2, 0.25) is 0 Å². The van der Waals surface area contributed by atoms with Crippen LogP contribution in [0.5, 0.6) is 5.75 Å². The number of hydrogen-bond donors (Lipinski definition) is 1. The second-order valence-corrected chi connectivity index (χ2v) is 4.68. The molecule has 0 spiro atoms. The maximum Gasteiger partial charge on any atom is 0.136 e. The molecule has 0 unspecified atom stereocenters. The Kier molecular flexibility index (Phi) is 2.73. The van der Waals surface area contributed by atoms with E-state index in [9.17, 15) is 5.11 Å². The minimum absolute atomic E-state index is 0.384. The van der Waals surface area contributed by atoms with Gasteiger partial charge in [0.15, 0.2) is 0 Å². The Hall–Kier alpha value is -1.58. The van der Waals surface area contributed by atoms with Gasteiger partial charge in [-0.1, -0.05) is 18.2 Å². The van der Waals surface area contributed by atoms with Gasteiger partial charge in [-0.3, -0.25) is 0 Å². The van der Waals surface area contributed by atoms with Crippen molar-refractivity contribution in [2.75, 3.05) is 19.8 Å². The van der Waals surface area contributed by atoms with Gasteiger partial charge >= 0.3 is 0 Å². The van der Waals surface area contributed by atoms with Gasteiger partial charge < -0.3 is 14.6 Å². The smallest absolute Gasteiger partial charge is 0.136 e. The van der Waals surface area contributed by atoms with Crippen molar-refractivity contribution in [2.24, 2.45) is 0 Å². The molecule has 0 amide bonds. The summed E-state index contributed by atoms with van der Waals surface area (Å²) in [4.78, 5) is 0. The number of ether oxygens (including phenoxy) is 2. The third-order valence-corrected chi connectivity index (χ3v) is 3.34. The van der Waals surface area contributed by atoms with E-state index in [0.717, 1.165) is 22.1 Å². The summed E-state index contributed by atoms with van der Waals surface area (Å²) in [6.45, 7) is 3.41. The van der Waals surface area contributed by atoms with Gasteiger partial charge in [-0.15, -0.1) is 0 Å². The van der Waals surface area contributed by atoms with Crippen molar-refractivity contribution in [3.05, 3.63) is 42.0 Å². The molecule has 1 heterocycles. The van der Waals surface area contributed by atoms with Crippen molar-refractivity contribution < 1.29 is 14.6 Å². The second-order valence-electron chi connectivity index (χ2n) is 4.68. The lowest BCUT2D eigenvalue weighted by Crippen LogP contribution is -2.46. The molecule has 0 aromatic heterocycles. The predicted molar refractivity (Wildman–Crippen MR) is 69.8 cm³/mol. The fraction of sp³-hybridized carbons (Fsp3) is 0.333. The Morgan fingerprint density at radius 2 is 1.89 bits per heavy atom. The van der Waals surface area contributed by atoms with Gasteiger partial charge in [0.05, 0.1) is 19.8 Å². The van der Waals surface area contributed by atoms with Crippen molar-refractivity contribution in [1.29, 1.82) is 0 Å². The van der Waals surface area contributed by atoms with Crippen molar-refractivity contribution in [1.82, 2.24) is 0 Å². The molecule has 1 aliphatic heterocycles. The summed E-state index contributed by atoms with van der Waals surface area (Å²) in [5, 5.41) is 12.5. The fourth-order valence-corrected chi connectivity index (χ4v) is 2.23. The predicted octanol–water partition coefficient (Wildman–Crippen LogP) is 2.46. The first kappa shape index (κ1) is 11.5. The molecule has 1 N–H and O–H groups in total. The third-order valence-electron chi connectivity index (χ3n) is 3.34. The van der Waals surface area contributed by atoms with Gasteiger partial charge in [0, 0.05) is 0 Å². The van der Waals surface area contributed by atoms with Gasteiger partial charge in [-0.25, -0.2) is 0 Å². The molecule has 3 heteroatoms. The molecule has 0 saturated carbocycles. The van der Waals surface area contributed by atoms with Crippen molar-refractivity contribution in [3.8, 4) is 5.75 Å². The van der Waals surface area contributed by atoms with Crippen LogP contribution < -0.4 is 4.74 Å². The van der Waals surface area contributed by atoms with Crippen LogP contribution in [0.1, 0.15) is 12.5 Å². The number of fused-ring (bicyclic) bond motifs is 1. The summed E-state index contributed by atoms with van der Waals surface area (Å²) in [5.41, 5.74) is 0.123. The highest BCUT2D eigenvalue weighted by Gasteiger charge is 2.37. The van der Waals surface area contributed by atoms with Gasteiger partial charge in [-0.2, -0.15) is 0 Å². The molecule has 1 aliphatic rings. The van der Waals surface area contributed by atoms with Crippen LogP contribution in [0, 0.1) is 0 Å². The van der Waals surface area contributed by atoms with E-state index in [1.165, 1.54) is 0 Å². The zero-order valence-corrected chi connectivity index (χ0v) is 10.3. The molecule has 1 saturated heterocycles. The number of rotatable bonds is 3. The SMILES string of the molecule is CCOc1ccc2cc(C3(O)COC3)ccc2c1. The van der Waals surface area contributed by atoms with E-state index in [4.69, 9.17) is 9.47 Å². The van der Waals surface area contributed by atoms with Gasteiger partial charge in [0.2, 0.25) is 0 Å². The van der Waals surface area contributed by atoms with E-state index in [1.54, 1.807) is 0 Å². The van der Waals surface area contributed by atoms with Crippen LogP contribution in [0.25, 0.3) is 10.8 Å². The van der Waals surface area contributed by atoms with Crippen molar-refractivity contribution >= 4 is 10.8 Å². The molecule has 0 aliphatic carbocycles. The molecule has 3 rings (SSSR count). The minimum Gasteiger partial charge on any atom is -0.494 e. The van der Waals surface area contributed by atoms with E-state index in [2.05, 4.69) is 0 Å². The van der Waals surface area contributed by atoms with Gasteiger partial charge in [0.25, 0.3) is 0 Å². The average Bonchev–Trinajstić information content (AvgIpc) is 2.36. The molecular weight excluding hydrogens is 228 g/mol. The molecule has 94 valence electrons. The Balaban J connectivity index is 2.00. The molecule has 1 fully saturated rings. The maximum atomic E-state index is 10.2. The molecule has 0 atom stereocenters. The quantitative estimate of drug-likeness (QED) is 0.901. The zero-order valence-electron chi connectivity index (χ0n) is 10.3. The summed E-state index contributed by atoms with van der Waals surface area (Å²) in [5.74, 6) is 0.878. The van der Waals surface area contributed by atoms with Gasteiger partial charge in [-0.05, 0) is 41.5 Å². The molecule has 18 heavy (non-hydrogen) atoms. The van der Waals surface area contributed by atoms with Crippen molar-refractivity contribution in [3.63, 3.8) is 0 Å². The topological polar surface area (TPSA) is 38.7 Å². The maximum absolute atomic E-state index is 10.2. The Labute approximate surface area is 106 Å². The van der Waals surface area contributed by atoms with Crippen LogP contribution in [-0.4, -0.2) is 24.9 Å². The summed E-state index contributed by atoms with van der Waals surface area (Å²) in [6.07, 6.45) is 0. The molecule has 0 radical (unpaired) electrons. The van der Waals surface area contributed by atoms with Crippen LogP contribution in [0.4, 0.5) is 0 Å². The van der Waals surface area contributed by atoms with E-state index >= 15 is 0 Å². The fourth-order valence-electron chi connectivity index (χ4n) is 2.23. The summed E-state index contributed by atoms with van der Waals surface area (Å²) in [7, 11) is 0. The first-order valence-electron chi connectivity index (χ1n) is 6.18. The first-order chi connectivity index (χ1) is 8.71. The average molecular weight is 244 g/mol. The summed E-state index contributed by atoms with van der Waals surface area (Å²) < 4.78 is 10.6. The highest BCUT2D eigenvalue weighted by atomic mass is 16.5. The van der Waals surface area contributed by atoms with E-state index in [-0.39, 0.29) is 0 Å². The molecule has 2 aromatic carbocycles. The Bertz CT molecular complexity index is 573. The molecule has 3 nitrogen and oxygen atoms in total. The third kappa shape index (κ3) is 1.85. The van der Waals surface area contributed by atoms with E-state index in [1.807, 2.05) is 43.3 Å². The molecular formula is C15H16O3. The number of hydrogen-bond acceptors (Lipinski definition) is 3. The van der Waals surface area contributed by atoms with Crippen LogP contribution in [0.3, 0.4) is 0 Å². The van der Waals surface area contributed by atoms with Crippen LogP contribution >= 0.6 is 0 Å². The first-order valence-corrected chi connectivity index (χ1v) is 6.18. The van der Waals surface area contributed by atoms with Crippen molar-refractivity contribution in [2.45, 2.75) is 12.5 Å². The minimum atomic E-state index is -0.799. The molecule has 2 aromatic rings. The summed E-state index contributed by atoms with van der Waals surface area (Å²) >= 11 is 0. The number of aliphatic hydroxyl groups is 1. The lowest BCUT2D eigenvalue weighted by molar-refractivity contribution is -0.184. The van der Waals surface area contributed by atoms with Gasteiger partial charge in [0.1, 0.15) is 11.4 Å².